The number of non-ortho nitro benzene ring substituents is 1. The summed E-state index contributed by atoms with van der Waals surface area (Å²) >= 11 is 0. The summed E-state index contributed by atoms with van der Waals surface area (Å²) in [4.78, 5) is 10.2. The number of nitrogens with one attached hydrogen (secondary N) is 1. The van der Waals surface area contributed by atoms with Crippen molar-refractivity contribution in [3.63, 3.8) is 0 Å². The van der Waals surface area contributed by atoms with Crippen LogP contribution in [0.5, 0.6) is 0 Å². The van der Waals surface area contributed by atoms with Gasteiger partial charge in [0.25, 0.3) is 5.69 Å². The van der Waals surface area contributed by atoms with Crippen LogP contribution in [0, 0.1) is 15.5 Å². The van der Waals surface area contributed by atoms with Gasteiger partial charge in [0.2, 0.25) is 0 Å². The maximum absolute atomic E-state index is 10.6. The van der Waals surface area contributed by atoms with Crippen LogP contribution in [-0.4, -0.2) is 23.2 Å². The second kappa shape index (κ2) is 7.36. The minimum atomic E-state index is -0.390. The van der Waals surface area contributed by atoms with Gasteiger partial charge in [0.1, 0.15) is 0 Å². The maximum Gasteiger partial charge on any atom is 0.269 e. The van der Waals surface area contributed by atoms with E-state index in [2.05, 4.69) is 5.32 Å². The van der Waals surface area contributed by atoms with Crippen LogP contribution in [0.25, 0.3) is 0 Å². The SMILES string of the molecule is CC(NCCCC(C)(C)CO)c1ccc([N+](=O)[O-])cc1. The van der Waals surface area contributed by atoms with E-state index in [-0.39, 0.29) is 23.8 Å². The smallest absolute Gasteiger partial charge is 0.269 e. The van der Waals surface area contributed by atoms with Gasteiger partial charge in [-0.1, -0.05) is 26.0 Å². The third-order valence-electron chi connectivity index (χ3n) is 3.51. The first-order valence-corrected chi connectivity index (χ1v) is 6.94. The number of hydrogen-bond acceptors (Lipinski definition) is 4. The Labute approximate surface area is 120 Å². The van der Waals surface area contributed by atoms with Crippen LogP contribution in [0.15, 0.2) is 24.3 Å². The largest absolute Gasteiger partial charge is 0.396 e. The molecule has 112 valence electrons. The topological polar surface area (TPSA) is 75.4 Å². The lowest BCUT2D eigenvalue weighted by molar-refractivity contribution is -0.384. The van der Waals surface area contributed by atoms with E-state index in [9.17, 15) is 15.2 Å². The first kappa shape index (κ1) is 16.6. The molecule has 2 N–H and O–H groups in total. The van der Waals surface area contributed by atoms with Gasteiger partial charge >= 0.3 is 0 Å². The molecule has 0 aromatic heterocycles. The molecule has 0 heterocycles. The van der Waals surface area contributed by atoms with Crippen LogP contribution in [-0.2, 0) is 0 Å². The van der Waals surface area contributed by atoms with Gasteiger partial charge in [-0.15, -0.1) is 0 Å². The highest BCUT2D eigenvalue weighted by Crippen LogP contribution is 2.21. The van der Waals surface area contributed by atoms with Crippen LogP contribution >= 0.6 is 0 Å². The van der Waals surface area contributed by atoms with Crippen molar-refractivity contribution in [1.82, 2.24) is 5.32 Å². The summed E-state index contributed by atoms with van der Waals surface area (Å²) < 4.78 is 0. The molecule has 1 aromatic rings. The van der Waals surface area contributed by atoms with Crippen LogP contribution < -0.4 is 5.32 Å². The Morgan fingerprint density at radius 3 is 2.45 bits per heavy atom. The molecule has 0 spiro atoms. The fraction of sp³-hybridized carbons (Fsp3) is 0.600. The molecule has 0 aliphatic carbocycles. The Bertz CT molecular complexity index is 429. The average Bonchev–Trinajstić information content (AvgIpc) is 2.43. The van der Waals surface area contributed by atoms with Crippen molar-refractivity contribution in [3.05, 3.63) is 39.9 Å². The average molecular weight is 280 g/mol. The summed E-state index contributed by atoms with van der Waals surface area (Å²) in [6.07, 6.45) is 1.95. The van der Waals surface area contributed by atoms with Crippen LogP contribution in [0.3, 0.4) is 0 Å². The van der Waals surface area contributed by atoms with Crippen LogP contribution in [0.1, 0.15) is 45.2 Å². The Morgan fingerprint density at radius 1 is 1.35 bits per heavy atom. The number of rotatable bonds is 8. The molecular formula is C15H24N2O3. The molecule has 5 heteroatoms. The maximum atomic E-state index is 10.6. The Hall–Kier alpha value is -1.46. The number of nitrogens with zero attached hydrogens (tertiary/aromatic N) is 1. The zero-order valence-corrected chi connectivity index (χ0v) is 12.4. The van der Waals surface area contributed by atoms with E-state index in [0.29, 0.717) is 0 Å². The van der Waals surface area contributed by atoms with E-state index < -0.39 is 4.92 Å². The molecule has 0 saturated carbocycles. The number of aliphatic hydroxyl groups is 1. The fourth-order valence-electron chi connectivity index (χ4n) is 1.97. The third kappa shape index (κ3) is 5.27. The number of aliphatic hydroxyl groups excluding tert-OH is 1. The van der Waals surface area contributed by atoms with E-state index in [0.717, 1.165) is 24.9 Å². The quantitative estimate of drug-likeness (QED) is 0.436. The molecule has 20 heavy (non-hydrogen) atoms. The number of nitro benzene ring substituents is 1. The summed E-state index contributed by atoms with van der Waals surface area (Å²) in [6.45, 7) is 7.20. The van der Waals surface area contributed by atoms with Crippen LogP contribution in [0.4, 0.5) is 5.69 Å². The molecular weight excluding hydrogens is 256 g/mol. The number of hydrogen-bond donors (Lipinski definition) is 2. The van der Waals surface area contributed by atoms with Crippen molar-refractivity contribution in [3.8, 4) is 0 Å². The van der Waals surface area contributed by atoms with Gasteiger partial charge < -0.3 is 10.4 Å². The van der Waals surface area contributed by atoms with Gasteiger partial charge in [-0.3, -0.25) is 10.1 Å². The van der Waals surface area contributed by atoms with Gasteiger partial charge in [0.05, 0.1) is 4.92 Å². The molecule has 0 aliphatic rings. The number of benzene rings is 1. The first-order valence-electron chi connectivity index (χ1n) is 6.94. The lowest BCUT2D eigenvalue weighted by Crippen LogP contribution is -2.23. The van der Waals surface area contributed by atoms with E-state index >= 15 is 0 Å². The monoisotopic (exact) mass is 280 g/mol. The Balaban J connectivity index is 2.39. The van der Waals surface area contributed by atoms with E-state index in [4.69, 9.17) is 0 Å². The third-order valence-corrected chi connectivity index (χ3v) is 3.51. The zero-order valence-electron chi connectivity index (χ0n) is 12.4. The van der Waals surface area contributed by atoms with Crippen molar-refractivity contribution in [2.24, 2.45) is 5.41 Å². The molecule has 0 fully saturated rings. The second-order valence-electron chi connectivity index (χ2n) is 5.95. The summed E-state index contributed by atoms with van der Waals surface area (Å²) in [5, 5.41) is 23.2. The van der Waals surface area contributed by atoms with E-state index in [1.54, 1.807) is 12.1 Å². The molecule has 0 amide bonds. The molecule has 0 radical (unpaired) electrons. The highest BCUT2D eigenvalue weighted by Gasteiger charge is 2.15. The fourth-order valence-corrected chi connectivity index (χ4v) is 1.97. The van der Waals surface area contributed by atoms with Crippen molar-refractivity contribution < 1.29 is 10.0 Å². The predicted molar refractivity (Wildman–Crippen MR) is 79.6 cm³/mol. The molecule has 5 nitrogen and oxygen atoms in total. The van der Waals surface area contributed by atoms with Crippen molar-refractivity contribution >= 4 is 5.69 Å². The zero-order chi connectivity index (χ0) is 15.2. The van der Waals surface area contributed by atoms with Gasteiger partial charge in [0.15, 0.2) is 0 Å². The first-order chi connectivity index (χ1) is 9.35. The molecule has 1 aromatic carbocycles. The van der Waals surface area contributed by atoms with Crippen molar-refractivity contribution in [2.45, 2.75) is 39.7 Å². The Kier molecular flexibility index (Phi) is 6.10. The van der Waals surface area contributed by atoms with Gasteiger partial charge in [0, 0.05) is 24.8 Å². The summed E-state index contributed by atoms with van der Waals surface area (Å²) in [5.41, 5.74) is 1.13. The Morgan fingerprint density at radius 2 is 1.95 bits per heavy atom. The normalized spacial score (nSPS) is 13.2. The summed E-state index contributed by atoms with van der Waals surface area (Å²) in [5.74, 6) is 0. The molecule has 1 unspecified atom stereocenters. The predicted octanol–water partition coefficient (Wildman–Crippen LogP) is 3.04. The molecule has 1 atom stereocenters. The van der Waals surface area contributed by atoms with Gasteiger partial charge in [-0.05, 0) is 37.3 Å². The highest BCUT2D eigenvalue weighted by molar-refractivity contribution is 5.33. The standard InChI is InChI=1S/C15H24N2O3/c1-12(16-10-4-9-15(2,3)11-18)13-5-7-14(8-6-13)17(19)20/h5-8,12,16,18H,4,9-11H2,1-3H3. The lowest BCUT2D eigenvalue weighted by Gasteiger charge is -2.22. The minimum absolute atomic E-state index is 0.0295. The van der Waals surface area contributed by atoms with Crippen molar-refractivity contribution in [1.29, 1.82) is 0 Å². The van der Waals surface area contributed by atoms with E-state index in [1.807, 2.05) is 20.8 Å². The van der Waals surface area contributed by atoms with Crippen molar-refractivity contribution in [2.75, 3.05) is 13.2 Å². The summed E-state index contributed by atoms with van der Waals surface area (Å²) in [6, 6.07) is 6.79. The molecule has 0 aliphatic heterocycles. The number of nitro groups is 1. The van der Waals surface area contributed by atoms with Gasteiger partial charge in [-0.2, -0.15) is 0 Å². The molecule has 0 bridgehead atoms. The van der Waals surface area contributed by atoms with Gasteiger partial charge in [-0.25, -0.2) is 0 Å². The van der Waals surface area contributed by atoms with E-state index in [1.165, 1.54) is 12.1 Å². The minimum Gasteiger partial charge on any atom is -0.396 e. The summed E-state index contributed by atoms with van der Waals surface area (Å²) in [7, 11) is 0. The van der Waals surface area contributed by atoms with Crippen LogP contribution in [0.2, 0.25) is 0 Å². The lowest BCUT2D eigenvalue weighted by atomic mass is 9.89. The molecule has 1 rings (SSSR count). The second-order valence-corrected chi connectivity index (χ2v) is 5.95. The highest BCUT2D eigenvalue weighted by atomic mass is 16.6. The molecule has 0 saturated heterocycles.